The van der Waals surface area contributed by atoms with Gasteiger partial charge in [0.05, 0.1) is 11.5 Å². The van der Waals surface area contributed by atoms with Crippen LogP contribution < -0.4 is 5.73 Å². The predicted molar refractivity (Wildman–Crippen MR) is 89.3 cm³/mol. The van der Waals surface area contributed by atoms with E-state index in [1.165, 1.54) is 25.7 Å². The summed E-state index contributed by atoms with van der Waals surface area (Å²) in [5.74, 6) is 0.167. The van der Waals surface area contributed by atoms with E-state index in [1.807, 2.05) is 7.05 Å². The molecule has 0 aromatic rings. The summed E-state index contributed by atoms with van der Waals surface area (Å²) in [6.07, 6.45) is 6.10. The summed E-state index contributed by atoms with van der Waals surface area (Å²) >= 11 is 4.85. The molecule has 0 aromatic heterocycles. The zero-order valence-electron chi connectivity index (χ0n) is 13.1. The Hall–Kier alpha value is -0.720. The van der Waals surface area contributed by atoms with Crippen LogP contribution in [0.25, 0.3) is 0 Å². The van der Waals surface area contributed by atoms with Crippen molar-refractivity contribution in [2.45, 2.75) is 38.1 Å². The first-order valence-electron chi connectivity index (χ1n) is 8.05. The van der Waals surface area contributed by atoms with Crippen LogP contribution in [0.4, 0.5) is 0 Å². The van der Waals surface area contributed by atoms with Gasteiger partial charge >= 0.3 is 0 Å². The van der Waals surface area contributed by atoms with E-state index in [0.29, 0.717) is 24.5 Å². The van der Waals surface area contributed by atoms with Crippen molar-refractivity contribution in [3.63, 3.8) is 0 Å². The average Bonchev–Trinajstić information content (AvgIpc) is 2.99. The van der Waals surface area contributed by atoms with Crippen molar-refractivity contribution in [2.75, 3.05) is 46.3 Å². The van der Waals surface area contributed by atoms with Gasteiger partial charge in [-0.3, -0.25) is 14.6 Å². The number of carbonyl (C=O) groups excluding carboxylic acids is 1. The van der Waals surface area contributed by atoms with E-state index in [1.54, 1.807) is 4.90 Å². The molecule has 6 heteroatoms. The third kappa shape index (κ3) is 5.20. The lowest BCUT2D eigenvalue weighted by Crippen LogP contribution is -2.52. The Morgan fingerprint density at radius 3 is 2.43 bits per heavy atom. The van der Waals surface area contributed by atoms with Crippen molar-refractivity contribution in [1.29, 1.82) is 0 Å². The molecule has 21 heavy (non-hydrogen) atoms. The summed E-state index contributed by atoms with van der Waals surface area (Å²) in [5.41, 5.74) is 5.48. The third-order valence-corrected chi connectivity index (χ3v) is 4.93. The fraction of sp³-hybridized carbons (Fsp3) is 0.867. The molecule has 1 amide bonds. The second kappa shape index (κ2) is 8.06. The van der Waals surface area contributed by atoms with E-state index >= 15 is 0 Å². The molecule has 1 saturated carbocycles. The fourth-order valence-corrected chi connectivity index (χ4v) is 3.36. The van der Waals surface area contributed by atoms with Crippen LogP contribution in [0.2, 0.25) is 0 Å². The van der Waals surface area contributed by atoms with Crippen LogP contribution >= 0.6 is 12.2 Å². The molecule has 1 aliphatic carbocycles. The molecule has 2 aliphatic rings. The van der Waals surface area contributed by atoms with Crippen molar-refractivity contribution in [1.82, 2.24) is 14.7 Å². The van der Waals surface area contributed by atoms with Crippen LogP contribution in [0.15, 0.2) is 0 Å². The SMILES string of the molecule is CN(CCC(N)=S)C(=O)CN1CCN(C2CCCC2)CC1. The number of amides is 1. The molecule has 1 saturated heterocycles. The number of thiocarbonyl (C=S) groups is 1. The topological polar surface area (TPSA) is 52.8 Å². The number of likely N-dealkylation sites (N-methyl/N-ethyl adjacent to an activating group) is 1. The number of piperazine rings is 1. The van der Waals surface area contributed by atoms with E-state index in [0.717, 1.165) is 32.2 Å². The number of hydrogen-bond acceptors (Lipinski definition) is 4. The molecule has 0 aromatic carbocycles. The van der Waals surface area contributed by atoms with Gasteiger partial charge in [0.25, 0.3) is 0 Å². The Balaban J connectivity index is 1.67. The Labute approximate surface area is 133 Å². The Morgan fingerprint density at radius 2 is 1.86 bits per heavy atom. The average molecular weight is 312 g/mol. The first-order chi connectivity index (χ1) is 10.1. The molecular formula is C15H28N4OS. The first kappa shape index (κ1) is 16.6. The Bertz CT molecular complexity index is 363. The van der Waals surface area contributed by atoms with E-state index < -0.39 is 0 Å². The van der Waals surface area contributed by atoms with E-state index in [4.69, 9.17) is 18.0 Å². The normalized spacial score (nSPS) is 21.6. The molecule has 0 bridgehead atoms. The molecule has 5 nitrogen and oxygen atoms in total. The van der Waals surface area contributed by atoms with Gasteiger partial charge in [-0.15, -0.1) is 0 Å². The lowest BCUT2D eigenvalue weighted by molar-refractivity contribution is -0.131. The number of hydrogen-bond donors (Lipinski definition) is 1. The standard InChI is InChI=1S/C15H28N4OS/c1-17(7-6-14(16)21)15(20)12-18-8-10-19(11-9-18)13-4-2-3-5-13/h13H,2-12H2,1H3,(H2,16,21). The Kier molecular flexibility index (Phi) is 6.39. The largest absolute Gasteiger partial charge is 0.393 e. The highest BCUT2D eigenvalue weighted by atomic mass is 32.1. The van der Waals surface area contributed by atoms with Crippen LogP contribution in [0.5, 0.6) is 0 Å². The minimum atomic E-state index is 0.167. The number of nitrogens with two attached hydrogens (primary N) is 1. The molecule has 1 heterocycles. The molecule has 1 aliphatic heterocycles. The molecule has 2 N–H and O–H groups in total. The van der Waals surface area contributed by atoms with E-state index in [2.05, 4.69) is 9.80 Å². The molecule has 120 valence electrons. The maximum atomic E-state index is 12.1. The van der Waals surface area contributed by atoms with Crippen LogP contribution in [-0.2, 0) is 4.79 Å². The highest BCUT2D eigenvalue weighted by molar-refractivity contribution is 7.80. The Morgan fingerprint density at radius 1 is 1.24 bits per heavy atom. The monoisotopic (exact) mass is 312 g/mol. The molecular weight excluding hydrogens is 284 g/mol. The zero-order valence-corrected chi connectivity index (χ0v) is 13.9. The van der Waals surface area contributed by atoms with Crippen LogP contribution in [0, 0.1) is 0 Å². The van der Waals surface area contributed by atoms with Gasteiger partial charge in [0.1, 0.15) is 0 Å². The molecule has 0 unspecified atom stereocenters. The van der Waals surface area contributed by atoms with Crippen molar-refractivity contribution >= 4 is 23.1 Å². The van der Waals surface area contributed by atoms with Gasteiger partial charge in [0, 0.05) is 52.2 Å². The molecule has 2 fully saturated rings. The predicted octanol–water partition coefficient (Wildman–Crippen LogP) is 0.681. The van der Waals surface area contributed by atoms with E-state index in [-0.39, 0.29) is 5.91 Å². The van der Waals surface area contributed by atoms with Crippen LogP contribution in [0.1, 0.15) is 32.1 Å². The summed E-state index contributed by atoms with van der Waals surface area (Å²) < 4.78 is 0. The van der Waals surface area contributed by atoms with Gasteiger partial charge in [-0.25, -0.2) is 0 Å². The van der Waals surface area contributed by atoms with Gasteiger partial charge in [-0.2, -0.15) is 0 Å². The second-order valence-corrected chi connectivity index (χ2v) is 6.81. The molecule has 0 radical (unpaired) electrons. The van der Waals surface area contributed by atoms with Gasteiger partial charge in [0.2, 0.25) is 5.91 Å². The number of carbonyl (C=O) groups is 1. The summed E-state index contributed by atoms with van der Waals surface area (Å²) in [5, 5.41) is 0. The lowest BCUT2D eigenvalue weighted by Gasteiger charge is -2.38. The maximum absolute atomic E-state index is 12.1. The van der Waals surface area contributed by atoms with Crippen molar-refractivity contribution in [2.24, 2.45) is 5.73 Å². The van der Waals surface area contributed by atoms with Crippen LogP contribution in [-0.4, -0.2) is 78.0 Å². The number of rotatable bonds is 6. The second-order valence-electron chi connectivity index (χ2n) is 6.28. The minimum Gasteiger partial charge on any atom is -0.393 e. The highest BCUT2D eigenvalue weighted by Crippen LogP contribution is 2.24. The van der Waals surface area contributed by atoms with Crippen LogP contribution in [0.3, 0.4) is 0 Å². The first-order valence-corrected chi connectivity index (χ1v) is 8.46. The third-order valence-electron chi connectivity index (χ3n) is 4.73. The minimum absolute atomic E-state index is 0.167. The van der Waals surface area contributed by atoms with Gasteiger partial charge in [-0.1, -0.05) is 25.1 Å². The smallest absolute Gasteiger partial charge is 0.236 e. The lowest BCUT2D eigenvalue weighted by atomic mass is 10.2. The van der Waals surface area contributed by atoms with Gasteiger partial charge < -0.3 is 10.6 Å². The zero-order chi connectivity index (χ0) is 15.2. The molecule has 0 atom stereocenters. The highest BCUT2D eigenvalue weighted by Gasteiger charge is 2.27. The van der Waals surface area contributed by atoms with Crippen molar-refractivity contribution < 1.29 is 4.79 Å². The maximum Gasteiger partial charge on any atom is 0.236 e. The fourth-order valence-electron chi connectivity index (χ4n) is 3.27. The summed E-state index contributed by atoms with van der Waals surface area (Å²) in [6, 6.07) is 0.802. The van der Waals surface area contributed by atoms with Crippen molar-refractivity contribution in [3.05, 3.63) is 0 Å². The van der Waals surface area contributed by atoms with Gasteiger partial charge in [0.15, 0.2) is 0 Å². The van der Waals surface area contributed by atoms with Gasteiger partial charge in [-0.05, 0) is 12.8 Å². The van der Waals surface area contributed by atoms with Crippen molar-refractivity contribution in [3.8, 4) is 0 Å². The summed E-state index contributed by atoms with van der Waals surface area (Å²) in [6.45, 7) is 5.36. The quantitative estimate of drug-likeness (QED) is 0.731. The summed E-state index contributed by atoms with van der Waals surface area (Å²) in [4.78, 5) is 19.2. The van der Waals surface area contributed by atoms with E-state index in [9.17, 15) is 4.79 Å². The molecule has 0 spiro atoms. The number of nitrogens with zero attached hydrogens (tertiary/aromatic N) is 3. The summed E-state index contributed by atoms with van der Waals surface area (Å²) in [7, 11) is 1.83. The molecule has 2 rings (SSSR count).